The summed E-state index contributed by atoms with van der Waals surface area (Å²) >= 11 is 0. The van der Waals surface area contributed by atoms with Crippen molar-refractivity contribution in [3.8, 4) is 0 Å². The van der Waals surface area contributed by atoms with E-state index in [0.29, 0.717) is 5.41 Å². The average Bonchev–Trinajstić information content (AvgIpc) is 2.39. The molecule has 0 aromatic heterocycles. The third-order valence-corrected chi connectivity index (χ3v) is 7.79. The van der Waals surface area contributed by atoms with Crippen LogP contribution >= 0.6 is 0 Å². The zero-order valence-electron chi connectivity index (χ0n) is 10.2. The highest BCUT2D eigenvalue weighted by atomic mass is 28.3. The van der Waals surface area contributed by atoms with Crippen molar-refractivity contribution < 1.29 is 4.79 Å². The monoisotopic (exact) mass is 240 g/mol. The third-order valence-electron chi connectivity index (χ3n) is 3.41. The maximum absolute atomic E-state index is 12.1. The van der Waals surface area contributed by atoms with E-state index < -0.39 is 8.07 Å². The average molecular weight is 240 g/mol. The molecule has 0 atom stereocenters. The molecule has 0 amide bonds. The molecule has 0 radical (unpaired) electrons. The molecule has 0 fully saturated rings. The zero-order chi connectivity index (χ0) is 12.3. The SMILES string of the molecule is CC(=O)[Si](C)(c1ccccc1)c1ccccc1. The number of rotatable bonds is 3. The number of carbonyl (C=O) groups is 1. The Morgan fingerprint density at radius 1 is 0.824 bits per heavy atom. The summed E-state index contributed by atoms with van der Waals surface area (Å²) in [5, 5.41) is 2.66. The first kappa shape index (κ1) is 11.8. The molecular formula is C15H16OSi. The first-order valence-electron chi connectivity index (χ1n) is 5.78. The molecule has 0 unspecified atom stereocenters. The van der Waals surface area contributed by atoms with Crippen molar-refractivity contribution in [2.24, 2.45) is 0 Å². The third kappa shape index (κ3) is 2.08. The predicted octanol–water partition coefficient (Wildman–Crippen LogP) is 2.01. The smallest absolute Gasteiger partial charge is 0.190 e. The van der Waals surface area contributed by atoms with Crippen LogP contribution in [0.2, 0.25) is 6.55 Å². The summed E-state index contributed by atoms with van der Waals surface area (Å²) in [6.45, 7) is 3.84. The van der Waals surface area contributed by atoms with Crippen molar-refractivity contribution in [3.05, 3.63) is 60.7 Å². The van der Waals surface area contributed by atoms with Gasteiger partial charge in [0.25, 0.3) is 0 Å². The Kier molecular flexibility index (Phi) is 3.25. The molecule has 2 rings (SSSR count). The molecule has 2 aromatic carbocycles. The summed E-state index contributed by atoms with van der Waals surface area (Å²) < 4.78 is 0. The summed E-state index contributed by atoms with van der Waals surface area (Å²) in [6.07, 6.45) is 0. The molecule has 0 saturated heterocycles. The number of benzene rings is 2. The van der Waals surface area contributed by atoms with Crippen LogP contribution in [0, 0.1) is 0 Å². The van der Waals surface area contributed by atoms with Crippen molar-refractivity contribution in [2.45, 2.75) is 13.5 Å². The number of hydrogen-bond donors (Lipinski definition) is 0. The van der Waals surface area contributed by atoms with Gasteiger partial charge in [-0.2, -0.15) is 0 Å². The van der Waals surface area contributed by atoms with Crippen LogP contribution in [0.5, 0.6) is 0 Å². The summed E-state index contributed by atoms with van der Waals surface area (Å²) in [7, 11) is -2.22. The molecule has 0 aliphatic rings. The fraction of sp³-hybridized carbons (Fsp3) is 0.133. The van der Waals surface area contributed by atoms with Crippen molar-refractivity contribution in [1.29, 1.82) is 0 Å². The van der Waals surface area contributed by atoms with Crippen LogP contribution in [-0.2, 0) is 4.79 Å². The summed E-state index contributed by atoms with van der Waals surface area (Å²) in [4.78, 5) is 12.1. The Hall–Kier alpha value is -1.67. The number of carbonyl (C=O) groups excluding carboxylic acids is 1. The van der Waals surface area contributed by atoms with Gasteiger partial charge in [0.1, 0.15) is 5.41 Å². The van der Waals surface area contributed by atoms with Gasteiger partial charge in [0.2, 0.25) is 0 Å². The molecule has 0 saturated carbocycles. The molecule has 0 bridgehead atoms. The van der Waals surface area contributed by atoms with Crippen LogP contribution < -0.4 is 10.4 Å². The zero-order valence-corrected chi connectivity index (χ0v) is 11.2. The van der Waals surface area contributed by atoms with E-state index in [2.05, 4.69) is 30.8 Å². The van der Waals surface area contributed by atoms with Crippen LogP contribution in [0.15, 0.2) is 60.7 Å². The van der Waals surface area contributed by atoms with Crippen LogP contribution in [0.3, 0.4) is 0 Å². The Balaban J connectivity index is 2.59. The molecule has 86 valence electrons. The van der Waals surface area contributed by atoms with Gasteiger partial charge in [-0.1, -0.05) is 67.2 Å². The van der Waals surface area contributed by atoms with Gasteiger partial charge in [-0.3, -0.25) is 0 Å². The lowest BCUT2D eigenvalue weighted by molar-refractivity contribution is -0.110. The lowest BCUT2D eigenvalue weighted by atomic mass is 10.4. The summed E-state index contributed by atoms with van der Waals surface area (Å²) in [6, 6.07) is 20.3. The minimum absolute atomic E-state index is 0.301. The van der Waals surface area contributed by atoms with Gasteiger partial charge in [-0.25, -0.2) is 0 Å². The fourth-order valence-corrected chi connectivity index (χ4v) is 4.98. The van der Waals surface area contributed by atoms with Crippen LogP contribution in [0.1, 0.15) is 6.92 Å². The Morgan fingerprint density at radius 3 is 1.47 bits per heavy atom. The van der Waals surface area contributed by atoms with E-state index in [1.54, 1.807) is 6.92 Å². The largest absolute Gasteiger partial charge is 0.305 e. The molecule has 0 heterocycles. The van der Waals surface area contributed by atoms with Crippen molar-refractivity contribution in [1.82, 2.24) is 0 Å². The van der Waals surface area contributed by atoms with E-state index in [-0.39, 0.29) is 0 Å². The lowest BCUT2D eigenvalue weighted by Crippen LogP contribution is -2.61. The Bertz CT molecular complexity index is 465. The van der Waals surface area contributed by atoms with Gasteiger partial charge in [0.15, 0.2) is 8.07 Å². The quantitative estimate of drug-likeness (QED) is 0.750. The highest BCUT2D eigenvalue weighted by Gasteiger charge is 2.36. The second-order valence-electron chi connectivity index (χ2n) is 4.41. The van der Waals surface area contributed by atoms with Gasteiger partial charge < -0.3 is 4.79 Å². The normalized spacial score (nSPS) is 11.2. The summed E-state index contributed by atoms with van der Waals surface area (Å²) in [5.74, 6) is 0. The predicted molar refractivity (Wildman–Crippen MR) is 74.5 cm³/mol. The van der Waals surface area contributed by atoms with Crippen molar-refractivity contribution >= 4 is 23.9 Å². The molecule has 17 heavy (non-hydrogen) atoms. The molecule has 2 aromatic rings. The lowest BCUT2D eigenvalue weighted by Gasteiger charge is -2.25. The fourth-order valence-electron chi connectivity index (χ4n) is 2.12. The highest BCUT2D eigenvalue weighted by Crippen LogP contribution is 2.06. The van der Waals surface area contributed by atoms with E-state index in [1.165, 1.54) is 10.4 Å². The molecule has 0 aliphatic carbocycles. The first-order chi connectivity index (χ1) is 8.15. The van der Waals surface area contributed by atoms with Gasteiger partial charge in [-0.15, -0.1) is 0 Å². The Labute approximate surface area is 103 Å². The number of hydrogen-bond acceptors (Lipinski definition) is 1. The van der Waals surface area contributed by atoms with Crippen molar-refractivity contribution in [3.63, 3.8) is 0 Å². The van der Waals surface area contributed by atoms with E-state index in [9.17, 15) is 4.79 Å². The van der Waals surface area contributed by atoms with E-state index >= 15 is 0 Å². The minimum atomic E-state index is -2.22. The van der Waals surface area contributed by atoms with Gasteiger partial charge in [0.05, 0.1) is 0 Å². The van der Waals surface area contributed by atoms with Crippen LogP contribution in [0.25, 0.3) is 0 Å². The van der Waals surface area contributed by atoms with Gasteiger partial charge >= 0.3 is 0 Å². The van der Waals surface area contributed by atoms with E-state index in [4.69, 9.17) is 0 Å². The minimum Gasteiger partial charge on any atom is -0.305 e. The molecule has 0 aliphatic heterocycles. The van der Waals surface area contributed by atoms with E-state index in [1.807, 2.05) is 36.4 Å². The molecular weight excluding hydrogens is 224 g/mol. The summed E-state index contributed by atoms with van der Waals surface area (Å²) in [5.41, 5.74) is 0. The van der Waals surface area contributed by atoms with Crippen LogP contribution in [-0.4, -0.2) is 13.5 Å². The highest BCUT2D eigenvalue weighted by molar-refractivity contribution is 7.21. The van der Waals surface area contributed by atoms with Crippen LogP contribution in [0.4, 0.5) is 0 Å². The standard InChI is InChI=1S/C15H16OSi/c1-13(16)17(2,14-9-5-3-6-10-14)15-11-7-4-8-12-15/h3-12H,1-2H3. The first-order valence-corrected chi connectivity index (χ1v) is 8.28. The van der Waals surface area contributed by atoms with Gasteiger partial charge in [-0.05, 0) is 17.3 Å². The maximum atomic E-state index is 12.1. The second kappa shape index (κ2) is 4.68. The maximum Gasteiger partial charge on any atom is 0.190 e. The molecule has 0 spiro atoms. The van der Waals surface area contributed by atoms with E-state index in [0.717, 1.165) is 0 Å². The molecule has 1 nitrogen and oxygen atoms in total. The topological polar surface area (TPSA) is 17.1 Å². The molecule has 2 heteroatoms. The van der Waals surface area contributed by atoms with Gasteiger partial charge in [0, 0.05) is 0 Å². The second-order valence-corrected chi connectivity index (χ2v) is 8.52. The molecule has 0 N–H and O–H groups in total. The Morgan fingerprint density at radius 2 is 1.18 bits per heavy atom. The van der Waals surface area contributed by atoms with Crippen molar-refractivity contribution in [2.75, 3.05) is 0 Å².